The summed E-state index contributed by atoms with van der Waals surface area (Å²) < 4.78 is 45.1. The van der Waals surface area contributed by atoms with Gasteiger partial charge in [0.1, 0.15) is 11.6 Å². The third-order valence-corrected chi connectivity index (χ3v) is 2.91. The highest BCUT2D eigenvalue weighted by Gasteiger charge is 2.13. The first-order valence-electron chi connectivity index (χ1n) is 5.08. The van der Waals surface area contributed by atoms with E-state index in [2.05, 4.69) is 15.9 Å². The van der Waals surface area contributed by atoms with Gasteiger partial charge in [0.15, 0.2) is 11.6 Å². The van der Waals surface area contributed by atoms with Gasteiger partial charge in [0.2, 0.25) is 5.82 Å². The Morgan fingerprint density at radius 3 is 2.17 bits per heavy atom. The predicted octanol–water partition coefficient (Wildman–Crippen LogP) is 4.79. The van der Waals surface area contributed by atoms with Crippen molar-refractivity contribution in [1.29, 1.82) is 0 Å². The van der Waals surface area contributed by atoms with E-state index in [4.69, 9.17) is 4.74 Å². The molecule has 0 saturated carbocycles. The van der Waals surface area contributed by atoms with Gasteiger partial charge in [0.05, 0.1) is 0 Å². The van der Waals surface area contributed by atoms with Gasteiger partial charge in [-0.15, -0.1) is 0 Å². The van der Waals surface area contributed by atoms with E-state index in [9.17, 15) is 13.2 Å². The van der Waals surface area contributed by atoms with E-state index in [1.807, 2.05) is 0 Å². The molecule has 0 radical (unpaired) electrons. The highest BCUT2D eigenvalue weighted by molar-refractivity contribution is 9.08. The summed E-state index contributed by atoms with van der Waals surface area (Å²) in [6.07, 6.45) is 0. The van der Waals surface area contributed by atoms with Crippen LogP contribution < -0.4 is 4.74 Å². The van der Waals surface area contributed by atoms with E-state index >= 15 is 0 Å². The SMILES string of the molecule is Fc1cccc(Oc2cccc(F)c2CBr)c1F. The van der Waals surface area contributed by atoms with Crippen molar-refractivity contribution < 1.29 is 17.9 Å². The maximum absolute atomic E-state index is 13.5. The van der Waals surface area contributed by atoms with Crippen molar-refractivity contribution in [2.24, 2.45) is 0 Å². The van der Waals surface area contributed by atoms with Crippen LogP contribution in [0.4, 0.5) is 13.2 Å². The van der Waals surface area contributed by atoms with Gasteiger partial charge < -0.3 is 4.74 Å². The van der Waals surface area contributed by atoms with E-state index in [0.29, 0.717) is 0 Å². The van der Waals surface area contributed by atoms with Crippen molar-refractivity contribution in [3.8, 4) is 11.5 Å². The number of ether oxygens (including phenoxy) is 1. The molecule has 2 rings (SSSR count). The molecule has 0 aromatic heterocycles. The Labute approximate surface area is 110 Å². The molecule has 5 heteroatoms. The lowest BCUT2D eigenvalue weighted by Gasteiger charge is -2.11. The first kappa shape index (κ1) is 13.0. The summed E-state index contributed by atoms with van der Waals surface area (Å²) in [6.45, 7) is 0. The summed E-state index contributed by atoms with van der Waals surface area (Å²) in [6, 6.07) is 7.78. The molecular formula is C13H8BrF3O. The number of benzene rings is 2. The van der Waals surface area contributed by atoms with E-state index < -0.39 is 17.5 Å². The molecule has 0 atom stereocenters. The zero-order chi connectivity index (χ0) is 13.1. The minimum atomic E-state index is -1.10. The summed E-state index contributed by atoms with van der Waals surface area (Å²) in [5, 5.41) is 0.214. The van der Waals surface area contributed by atoms with Crippen LogP contribution in [0.1, 0.15) is 5.56 Å². The molecular weight excluding hydrogens is 309 g/mol. The summed E-state index contributed by atoms with van der Waals surface area (Å²) in [4.78, 5) is 0. The fraction of sp³-hybridized carbons (Fsp3) is 0.0769. The smallest absolute Gasteiger partial charge is 0.201 e. The molecule has 0 heterocycles. The van der Waals surface area contributed by atoms with Crippen molar-refractivity contribution in [2.45, 2.75) is 5.33 Å². The molecule has 0 amide bonds. The van der Waals surface area contributed by atoms with Crippen molar-refractivity contribution in [1.82, 2.24) is 0 Å². The topological polar surface area (TPSA) is 9.23 Å². The van der Waals surface area contributed by atoms with Gasteiger partial charge in [-0.2, -0.15) is 4.39 Å². The second-order valence-corrected chi connectivity index (χ2v) is 4.06. The highest BCUT2D eigenvalue weighted by atomic mass is 79.9. The average molecular weight is 317 g/mol. The first-order valence-corrected chi connectivity index (χ1v) is 6.21. The fourth-order valence-electron chi connectivity index (χ4n) is 1.45. The van der Waals surface area contributed by atoms with Crippen LogP contribution in [0.15, 0.2) is 36.4 Å². The highest BCUT2D eigenvalue weighted by Crippen LogP contribution is 2.30. The van der Waals surface area contributed by atoms with E-state index in [1.54, 1.807) is 0 Å². The lowest BCUT2D eigenvalue weighted by Crippen LogP contribution is -1.96. The van der Waals surface area contributed by atoms with Crippen LogP contribution in [0.3, 0.4) is 0 Å². The summed E-state index contributed by atoms with van der Waals surface area (Å²) in [7, 11) is 0. The third kappa shape index (κ3) is 2.51. The predicted molar refractivity (Wildman–Crippen MR) is 65.5 cm³/mol. The average Bonchev–Trinajstić information content (AvgIpc) is 2.35. The number of hydrogen-bond donors (Lipinski definition) is 0. The Hall–Kier alpha value is -1.49. The standard InChI is InChI=1S/C13H8BrF3O/c14-7-8-9(15)3-1-5-11(8)18-12-6-2-4-10(16)13(12)17/h1-6H,7H2. The second kappa shape index (κ2) is 5.44. The Morgan fingerprint density at radius 2 is 1.50 bits per heavy atom. The Bertz CT molecular complexity index is 572. The van der Waals surface area contributed by atoms with Gasteiger partial charge >= 0.3 is 0 Å². The Kier molecular flexibility index (Phi) is 3.91. The van der Waals surface area contributed by atoms with Crippen molar-refractivity contribution in [3.63, 3.8) is 0 Å². The molecule has 0 unspecified atom stereocenters. The summed E-state index contributed by atoms with van der Waals surface area (Å²) >= 11 is 3.12. The molecule has 0 aliphatic rings. The van der Waals surface area contributed by atoms with Crippen LogP contribution in [-0.2, 0) is 5.33 Å². The van der Waals surface area contributed by atoms with Gasteiger partial charge in [-0.3, -0.25) is 0 Å². The van der Waals surface area contributed by atoms with Crippen LogP contribution in [0.25, 0.3) is 0 Å². The van der Waals surface area contributed by atoms with Crippen LogP contribution in [-0.4, -0.2) is 0 Å². The number of rotatable bonds is 3. The number of alkyl halides is 1. The van der Waals surface area contributed by atoms with Crippen molar-refractivity contribution in [2.75, 3.05) is 0 Å². The lowest BCUT2D eigenvalue weighted by molar-refractivity contribution is 0.411. The monoisotopic (exact) mass is 316 g/mol. The van der Waals surface area contributed by atoms with Gasteiger partial charge in [0.25, 0.3) is 0 Å². The minimum Gasteiger partial charge on any atom is -0.454 e. The first-order chi connectivity index (χ1) is 8.63. The maximum Gasteiger partial charge on any atom is 0.201 e. The molecule has 94 valence electrons. The molecule has 0 fully saturated rings. The van der Waals surface area contributed by atoms with E-state index in [1.165, 1.54) is 30.3 Å². The lowest BCUT2D eigenvalue weighted by atomic mass is 10.2. The normalized spacial score (nSPS) is 10.4. The maximum atomic E-state index is 13.5. The zero-order valence-electron chi connectivity index (χ0n) is 9.09. The quantitative estimate of drug-likeness (QED) is 0.740. The summed E-state index contributed by atoms with van der Waals surface area (Å²) in [5.74, 6) is -2.70. The van der Waals surface area contributed by atoms with Crippen molar-refractivity contribution >= 4 is 15.9 Å². The van der Waals surface area contributed by atoms with Gasteiger partial charge in [-0.05, 0) is 24.3 Å². The molecule has 1 nitrogen and oxygen atoms in total. The molecule has 2 aromatic rings. The van der Waals surface area contributed by atoms with E-state index in [0.717, 1.165) is 6.07 Å². The van der Waals surface area contributed by atoms with Crippen LogP contribution in [0.5, 0.6) is 11.5 Å². The molecule has 0 saturated heterocycles. The molecule has 0 N–H and O–H groups in total. The second-order valence-electron chi connectivity index (χ2n) is 3.50. The molecule has 0 spiro atoms. The van der Waals surface area contributed by atoms with Gasteiger partial charge in [-0.1, -0.05) is 28.1 Å². The molecule has 18 heavy (non-hydrogen) atoms. The zero-order valence-corrected chi connectivity index (χ0v) is 10.7. The summed E-state index contributed by atoms with van der Waals surface area (Å²) in [5.41, 5.74) is 0.251. The molecule has 0 bridgehead atoms. The van der Waals surface area contributed by atoms with Crippen LogP contribution in [0, 0.1) is 17.5 Å². The van der Waals surface area contributed by atoms with E-state index in [-0.39, 0.29) is 22.4 Å². The minimum absolute atomic E-state index is 0.149. The van der Waals surface area contributed by atoms with Crippen LogP contribution in [0.2, 0.25) is 0 Å². The molecule has 2 aromatic carbocycles. The molecule has 0 aliphatic heterocycles. The van der Waals surface area contributed by atoms with Crippen molar-refractivity contribution in [3.05, 3.63) is 59.4 Å². The largest absolute Gasteiger partial charge is 0.454 e. The Balaban J connectivity index is 2.40. The van der Waals surface area contributed by atoms with Gasteiger partial charge in [0, 0.05) is 10.9 Å². The Morgan fingerprint density at radius 1 is 0.889 bits per heavy atom. The number of halogens is 4. The third-order valence-electron chi connectivity index (χ3n) is 2.35. The van der Waals surface area contributed by atoms with Crippen LogP contribution >= 0.6 is 15.9 Å². The molecule has 0 aliphatic carbocycles. The number of hydrogen-bond acceptors (Lipinski definition) is 1. The fourth-order valence-corrected chi connectivity index (χ4v) is 1.99. The van der Waals surface area contributed by atoms with Gasteiger partial charge in [-0.25, -0.2) is 8.78 Å².